The van der Waals surface area contributed by atoms with Gasteiger partial charge in [-0.15, -0.1) is 5.10 Å². The topological polar surface area (TPSA) is 101 Å². The Balaban J connectivity index is 1.35. The Morgan fingerprint density at radius 3 is 2.42 bits per heavy atom. The second-order valence-corrected chi connectivity index (χ2v) is 9.60. The second-order valence-electron chi connectivity index (χ2n) is 9.60. The predicted molar refractivity (Wildman–Crippen MR) is 123 cm³/mol. The van der Waals surface area contributed by atoms with E-state index in [0.29, 0.717) is 48.3 Å². The van der Waals surface area contributed by atoms with Crippen LogP contribution in [0.15, 0.2) is 48.7 Å². The summed E-state index contributed by atoms with van der Waals surface area (Å²) in [4.78, 5) is 25.8. The first kappa shape index (κ1) is 23.3. The van der Waals surface area contributed by atoms with E-state index in [1.807, 2.05) is 37.4 Å². The highest BCUT2D eigenvalue weighted by Gasteiger charge is 2.49. The summed E-state index contributed by atoms with van der Waals surface area (Å²) in [6.45, 7) is 1.73. The summed E-state index contributed by atoms with van der Waals surface area (Å²) in [5, 5.41) is 22.0. The molecule has 1 saturated heterocycles. The van der Waals surface area contributed by atoms with E-state index < -0.39 is 11.6 Å². The van der Waals surface area contributed by atoms with Gasteiger partial charge < -0.3 is 19.6 Å². The van der Waals surface area contributed by atoms with Gasteiger partial charge in [0.15, 0.2) is 18.0 Å². The first-order valence-electron chi connectivity index (χ1n) is 11.8. The van der Waals surface area contributed by atoms with Gasteiger partial charge in [0.1, 0.15) is 6.10 Å². The van der Waals surface area contributed by atoms with E-state index >= 15 is 0 Å². The van der Waals surface area contributed by atoms with Gasteiger partial charge in [0.2, 0.25) is 0 Å². The Labute approximate surface area is 194 Å². The lowest BCUT2D eigenvalue weighted by molar-refractivity contribution is -0.907. The molecule has 1 aromatic carbocycles. The third-order valence-electron chi connectivity index (χ3n) is 7.09. The zero-order chi connectivity index (χ0) is 23.3. The van der Waals surface area contributed by atoms with Crippen LogP contribution in [0.1, 0.15) is 44.1 Å². The molecule has 1 saturated carbocycles. The van der Waals surface area contributed by atoms with Gasteiger partial charge in [-0.2, -0.15) is 5.10 Å². The number of aromatic nitrogens is 2. The van der Waals surface area contributed by atoms with Crippen LogP contribution in [0, 0.1) is 5.92 Å². The highest BCUT2D eigenvalue weighted by atomic mass is 16.6. The number of benzene rings is 1. The van der Waals surface area contributed by atoms with E-state index in [-0.39, 0.29) is 17.9 Å². The van der Waals surface area contributed by atoms with Gasteiger partial charge in [0, 0.05) is 25.0 Å². The van der Waals surface area contributed by atoms with E-state index in [0.717, 1.165) is 25.7 Å². The molecule has 2 heterocycles. The zero-order valence-electron chi connectivity index (χ0n) is 19.2. The summed E-state index contributed by atoms with van der Waals surface area (Å²) in [6.07, 6.45) is 6.27. The van der Waals surface area contributed by atoms with Crippen LogP contribution in [0.4, 0.5) is 5.82 Å². The standard InChI is InChI=1S/C25H32N4O4/c1-29(18-23(30)27-22-12-7-15-26-28-22)16-13-21(14-17-29)33-24(31)25(32,20-10-5-6-11-20)19-8-3-2-4-9-19/h2-4,7-9,12,15,20-21,32H,5-6,10-11,13-14,16-18H2,1H3/p+1. The van der Waals surface area contributed by atoms with Crippen LogP contribution in [-0.2, 0) is 19.9 Å². The van der Waals surface area contributed by atoms with Crippen molar-refractivity contribution in [3.63, 3.8) is 0 Å². The van der Waals surface area contributed by atoms with Gasteiger partial charge in [0.05, 0.1) is 20.1 Å². The number of ether oxygens (including phenoxy) is 1. The van der Waals surface area contributed by atoms with Crippen molar-refractivity contribution in [2.75, 3.05) is 32.0 Å². The highest BCUT2D eigenvalue weighted by molar-refractivity contribution is 5.90. The average molecular weight is 454 g/mol. The maximum atomic E-state index is 13.3. The number of hydrogen-bond donors (Lipinski definition) is 2. The van der Waals surface area contributed by atoms with E-state index in [2.05, 4.69) is 15.5 Å². The summed E-state index contributed by atoms with van der Waals surface area (Å²) in [7, 11) is 2.03. The molecule has 1 aliphatic carbocycles. The van der Waals surface area contributed by atoms with Gasteiger partial charge in [-0.25, -0.2) is 4.79 Å². The number of esters is 1. The summed E-state index contributed by atoms with van der Waals surface area (Å²) in [6, 6.07) is 12.6. The monoisotopic (exact) mass is 453 g/mol. The lowest BCUT2D eigenvalue weighted by Crippen LogP contribution is -2.55. The molecule has 8 nitrogen and oxygen atoms in total. The smallest absolute Gasteiger partial charge is 0.343 e. The van der Waals surface area contributed by atoms with Gasteiger partial charge in [-0.3, -0.25) is 4.79 Å². The van der Waals surface area contributed by atoms with Crippen molar-refractivity contribution in [2.24, 2.45) is 5.92 Å². The van der Waals surface area contributed by atoms with Crippen LogP contribution in [-0.4, -0.2) is 64.4 Å². The number of likely N-dealkylation sites (N-methyl/N-ethyl adjacent to an activating group) is 1. The van der Waals surface area contributed by atoms with E-state index in [1.165, 1.54) is 0 Å². The molecule has 176 valence electrons. The lowest BCUT2D eigenvalue weighted by Gasteiger charge is -2.40. The fourth-order valence-electron chi connectivity index (χ4n) is 5.14. The molecule has 4 rings (SSSR count). The number of nitrogens with zero attached hydrogens (tertiary/aromatic N) is 3. The van der Waals surface area contributed by atoms with E-state index in [1.54, 1.807) is 18.3 Å². The van der Waals surface area contributed by atoms with Gasteiger partial charge >= 0.3 is 5.97 Å². The number of hydrogen-bond acceptors (Lipinski definition) is 6. The molecule has 1 aliphatic heterocycles. The maximum absolute atomic E-state index is 13.3. The molecule has 2 aromatic rings. The van der Waals surface area contributed by atoms with Crippen LogP contribution in [0.25, 0.3) is 0 Å². The van der Waals surface area contributed by atoms with Crippen molar-refractivity contribution >= 4 is 17.7 Å². The molecule has 0 radical (unpaired) electrons. The van der Waals surface area contributed by atoms with Gasteiger partial charge in [0.25, 0.3) is 5.91 Å². The van der Waals surface area contributed by atoms with Crippen molar-refractivity contribution < 1.29 is 23.9 Å². The molecular weight excluding hydrogens is 420 g/mol. The SMILES string of the molecule is C[N+]1(CC(=O)Nc2cccnn2)CCC(OC(=O)C(O)(c2ccccc2)C2CCCC2)CC1. The third-order valence-corrected chi connectivity index (χ3v) is 7.09. The van der Waals surface area contributed by atoms with Crippen molar-refractivity contribution in [1.82, 2.24) is 10.2 Å². The summed E-state index contributed by atoms with van der Waals surface area (Å²) < 4.78 is 6.46. The maximum Gasteiger partial charge on any atom is 0.343 e. The summed E-state index contributed by atoms with van der Waals surface area (Å²) >= 11 is 0. The van der Waals surface area contributed by atoms with Crippen molar-refractivity contribution in [3.05, 3.63) is 54.2 Å². The van der Waals surface area contributed by atoms with Crippen LogP contribution < -0.4 is 5.32 Å². The molecule has 1 atom stereocenters. The van der Waals surface area contributed by atoms with E-state index in [9.17, 15) is 14.7 Å². The summed E-state index contributed by atoms with van der Waals surface area (Å²) in [5.41, 5.74) is -0.997. The molecular formula is C25H33N4O4+. The van der Waals surface area contributed by atoms with Crippen LogP contribution in [0.5, 0.6) is 0 Å². The number of carbonyl (C=O) groups excluding carboxylic acids is 2. The number of piperidine rings is 1. The molecule has 2 fully saturated rings. The highest BCUT2D eigenvalue weighted by Crippen LogP contribution is 2.42. The fourth-order valence-corrected chi connectivity index (χ4v) is 5.14. The molecule has 0 bridgehead atoms. The van der Waals surface area contributed by atoms with Crippen molar-refractivity contribution in [3.8, 4) is 0 Å². The normalized spacial score (nSPS) is 25.2. The Morgan fingerprint density at radius 2 is 1.79 bits per heavy atom. The zero-order valence-corrected chi connectivity index (χ0v) is 19.2. The summed E-state index contributed by atoms with van der Waals surface area (Å²) in [5.74, 6) is -0.345. The molecule has 1 aromatic heterocycles. The third kappa shape index (κ3) is 5.39. The van der Waals surface area contributed by atoms with Crippen LogP contribution in [0.2, 0.25) is 0 Å². The molecule has 2 N–H and O–H groups in total. The number of anilines is 1. The van der Waals surface area contributed by atoms with Crippen molar-refractivity contribution in [2.45, 2.75) is 50.2 Å². The Bertz CT molecular complexity index is 941. The first-order valence-corrected chi connectivity index (χ1v) is 11.8. The van der Waals surface area contributed by atoms with Crippen LogP contribution >= 0.6 is 0 Å². The Kier molecular flexibility index (Phi) is 7.05. The predicted octanol–water partition coefficient (Wildman–Crippen LogP) is 2.65. The average Bonchev–Trinajstić information content (AvgIpc) is 3.37. The molecule has 8 heteroatoms. The molecule has 33 heavy (non-hydrogen) atoms. The first-order chi connectivity index (χ1) is 15.9. The minimum atomic E-state index is -1.61. The van der Waals surface area contributed by atoms with Gasteiger partial charge in [-0.1, -0.05) is 43.2 Å². The molecule has 2 aliphatic rings. The number of amides is 1. The number of quaternary nitrogens is 1. The van der Waals surface area contributed by atoms with E-state index in [4.69, 9.17) is 4.74 Å². The second kappa shape index (κ2) is 9.97. The molecule has 1 unspecified atom stereocenters. The number of likely N-dealkylation sites (tertiary alicyclic amines) is 1. The largest absolute Gasteiger partial charge is 0.460 e. The lowest BCUT2D eigenvalue weighted by atomic mass is 9.80. The minimum Gasteiger partial charge on any atom is -0.460 e. The van der Waals surface area contributed by atoms with Crippen molar-refractivity contribution in [1.29, 1.82) is 0 Å². The molecule has 1 amide bonds. The molecule has 0 spiro atoms. The fraction of sp³-hybridized carbons (Fsp3) is 0.520. The minimum absolute atomic E-state index is 0.117. The quantitative estimate of drug-likeness (QED) is 0.494. The number of aliphatic hydroxyl groups is 1. The number of nitrogens with one attached hydrogen (secondary N) is 1. The van der Waals surface area contributed by atoms with Gasteiger partial charge in [-0.05, 0) is 30.5 Å². The Hall–Kier alpha value is -2.84. The van der Waals surface area contributed by atoms with Crippen LogP contribution in [0.3, 0.4) is 0 Å². The number of carbonyl (C=O) groups is 2. The Morgan fingerprint density at radius 1 is 1.09 bits per heavy atom. The number of rotatable bonds is 7.